The number of carbonyl (C=O) groups excluding carboxylic acids is 1. The Balaban J connectivity index is 2.50. The summed E-state index contributed by atoms with van der Waals surface area (Å²) in [6, 6.07) is -0.971. The highest BCUT2D eigenvalue weighted by Gasteiger charge is 2.37. The van der Waals surface area contributed by atoms with Crippen molar-refractivity contribution >= 4 is 12.0 Å². The maximum absolute atomic E-state index is 11.6. The van der Waals surface area contributed by atoms with Gasteiger partial charge in [-0.05, 0) is 32.6 Å². The van der Waals surface area contributed by atoms with Crippen LogP contribution in [0, 0.1) is 5.92 Å². The number of nitrogens with zero attached hydrogens (tertiary/aromatic N) is 1. The molecule has 0 bridgehead atoms. The van der Waals surface area contributed by atoms with Crippen LogP contribution in [0.5, 0.6) is 0 Å². The van der Waals surface area contributed by atoms with Crippen LogP contribution in [-0.2, 0) is 4.79 Å². The number of carbonyl (C=O) groups is 2. The number of nitrogens with one attached hydrogen (secondary N) is 1. The molecule has 1 rings (SSSR count). The van der Waals surface area contributed by atoms with Crippen molar-refractivity contribution in [2.75, 3.05) is 7.05 Å². The Morgan fingerprint density at radius 2 is 1.93 bits per heavy atom. The lowest BCUT2D eigenvalue weighted by Gasteiger charge is -2.24. The van der Waals surface area contributed by atoms with E-state index in [0.29, 0.717) is 0 Å². The van der Waals surface area contributed by atoms with E-state index >= 15 is 0 Å². The molecule has 86 valence electrons. The molecule has 1 unspecified atom stereocenters. The molecule has 0 saturated heterocycles. The smallest absolute Gasteiger partial charge is 0.326 e. The van der Waals surface area contributed by atoms with Gasteiger partial charge in [0.05, 0.1) is 0 Å². The van der Waals surface area contributed by atoms with Crippen molar-refractivity contribution in [2.24, 2.45) is 5.92 Å². The summed E-state index contributed by atoms with van der Waals surface area (Å²) in [6.07, 6.45) is 1.78. The fourth-order valence-electron chi connectivity index (χ4n) is 1.28. The Morgan fingerprint density at radius 3 is 2.27 bits per heavy atom. The Morgan fingerprint density at radius 1 is 1.40 bits per heavy atom. The summed E-state index contributed by atoms with van der Waals surface area (Å²) in [5, 5.41) is 11.5. The van der Waals surface area contributed by atoms with E-state index in [1.165, 1.54) is 4.90 Å². The fraction of sp³-hybridized carbons (Fsp3) is 0.800. The summed E-state index contributed by atoms with van der Waals surface area (Å²) >= 11 is 0. The quantitative estimate of drug-likeness (QED) is 0.730. The molecule has 1 aliphatic rings. The van der Waals surface area contributed by atoms with Crippen LogP contribution in [0.15, 0.2) is 0 Å². The van der Waals surface area contributed by atoms with Gasteiger partial charge in [-0.3, -0.25) is 0 Å². The third-order valence-electron chi connectivity index (χ3n) is 2.73. The van der Waals surface area contributed by atoms with Crippen molar-refractivity contribution in [3.05, 3.63) is 0 Å². The zero-order valence-corrected chi connectivity index (χ0v) is 9.36. The fourth-order valence-corrected chi connectivity index (χ4v) is 1.28. The largest absolute Gasteiger partial charge is 0.480 e. The van der Waals surface area contributed by atoms with Crippen molar-refractivity contribution in [1.29, 1.82) is 0 Å². The second kappa shape index (κ2) is 4.51. The molecule has 1 saturated carbocycles. The van der Waals surface area contributed by atoms with Gasteiger partial charge >= 0.3 is 12.0 Å². The Kier molecular flexibility index (Phi) is 3.55. The van der Waals surface area contributed by atoms with E-state index in [1.54, 1.807) is 7.05 Å². The van der Waals surface area contributed by atoms with Crippen molar-refractivity contribution in [3.8, 4) is 0 Å². The van der Waals surface area contributed by atoms with E-state index < -0.39 is 12.0 Å². The number of aliphatic carboxylic acids is 1. The Labute approximate surface area is 89.4 Å². The summed E-state index contributed by atoms with van der Waals surface area (Å²) < 4.78 is 0. The lowest BCUT2D eigenvalue weighted by atomic mass is 10.2. The van der Waals surface area contributed by atoms with Crippen LogP contribution in [0.4, 0.5) is 4.79 Å². The molecule has 5 nitrogen and oxygen atoms in total. The van der Waals surface area contributed by atoms with Gasteiger partial charge in [-0.1, -0.05) is 0 Å². The average Bonchev–Trinajstić information content (AvgIpc) is 2.95. The van der Waals surface area contributed by atoms with Crippen LogP contribution in [0.3, 0.4) is 0 Å². The van der Waals surface area contributed by atoms with Gasteiger partial charge < -0.3 is 15.3 Å². The van der Waals surface area contributed by atoms with Gasteiger partial charge in [0.25, 0.3) is 0 Å². The van der Waals surface area contributed by atoms with Crippen molar-refractivity contribution in [2.45, 2.75) is 38.8 Å². The topological polar surface area (TPSA) is 69.6 Å². The molecule has 2 N–H and O–H groups in total. The molecule has 1 aliphatic carbocycles. The molecule has 0 aromatic heterocycles. The van der Waals surface area contributed by atoms with Gasteiger partial charge in [-0.15, -0.1) is 0 Å². The molecule has 0 heterocycles. The van der Waals surface area contributed by atoms with E-state index in [4.69, 9.17) is 5.11 Å². The molecular weight excluding hydrogens is 196 g/mol. The second-order valence-electron chi connectivity index (χ2n) is 4.31. The minimum atomic E-state index is -0.942. The summed E-state index contributed by atoms with van der Waals surface area (Å²) in [5.41, 5.74) is 0. The number of rotatable bonds is 4. The minimum Gasteiger partial charge on any atom is -0.480 e. The van der Waals surface area contributed by atoms with Gasteiger partial charge in [0.1, 0.15) is 6.04 Å². The van der Waals surface area contributed by atoms with Crippen molar-refractivity contribution in [3.63, 3.8) is 0 Å². The molecule has 0 spiro atoms. The zero-order valence-electron chi connectivity index (χ0n) is 9.36. The first kappa shape index (κ1) is 11.8. The molecule has 1 fully saturated rings. The standard InChI is InChI=1S/C10H18N2O3/c1-6(2)12(3)10(15)11-8(9(13)14)7-4-5-7/h6-8H,4-5H2,1-3H3,(H,11,15)(H,13,14). The lowest BCUT2D eigenvalue weighted by Crippen LogP contribution is -2.49. The lowest BCUT2D eigenvalue weighted by molar-refractivity contribution is -0.139. The predicted octanol–water partition coefficient (Wildman–Crippen LogP) is 0.899. The van der Waals surface area contributed by atoms with Gasteiger partial charge in [-0.2, -0.15) is 0 Å². The molecule has 0 aromatic rings. The number of amides is 2. The highest BCUT2D eigenvalue weighted by atomic mass is 16.4. The number of carboxylic acids is 1. The zero-order chi connectivity index (χ0) is 11.6. The van der Waals surface area contributed by atoms with E-state index in [0.717, 1.165) is 12.8 Å². The van der Waals surface area contributed by atoms with Crippen molar-refractivity contribution in [1.82, 2.24) is 10.2 Å². The summed E-state index contributed by atoms with van der Waals surface area (Å²) in [4.78, 5) is 24.0. The molecule has 15 heavy (non-hydrogen) atoms. The van der Waals surface area contributed by atoms with E-state index in [1.807, 2.05) is 13.8 Å². The van der Waals surface area contributed by atoms with Crippen LogP contribution in [-0.4, -0.2) is 41.1 Å². The van der Waals surface area contributed by atoms with E-state index in [-0.39, 0.29) is 18.0 Å². The van der Waals surface area contributed by atoms with Crippen LogP contribution < -0.4 is 5.32 Å². The SMILES string of the molecule is CC(C)N(C)C(=O)NC(C(=O)O)C1CC1. The minimum absolute atomic E-state index is 0.0682. The monoisotopic (exact) mass is 214 g/mol. The molecular formula is C10H18N2O3. The Hall–Kier alpha value is -1.26. The average molecular weight is 214 g/mol. The normalized spacial score (nSPS) is 17.3. The predicted molar refractivity (Wildman–Crippen MR) is 55.6 cm³/mol. The first-order valence-corrected chi connectivity index (χ1v) is 5.19. The maximum Gasteiger partial charge on any atom is 0.326 e. The van der Waals surface area contributed by atoms with Crippen LogP contribution in [0.1, 0.15) is 26.7 Å². The summed E-state index contributed by atoms with van der Waals surface area (Å²) in [7, 11) is 1.66. The van der Waals surface area contributed by atoms with Gasteiger partial charge in [0.15, 0.2) is 0 Å². The van der Waals surface area contributed by atoms with Crippen LogP contribution in [0.2, 0.25) is 0 Å². The molecule has 5 heteroatoms. The first-order valence-electron chi connectivity index (χ1n) is 5.19. The first-order chi connectivity index (χ1) is 6.93. The van der Waals surface area contributed by atoms with Crippen LogP contribution >= 0.6 is 0 Å². The van der Waals surface area contributed by atoms with E-state index in [9.17, 15) is 9.59 Å². The van der Waals surface area contributed by atoms with Gasteiger partial charge in [0, 0.05) is 13.1 Å². The molecule has 1 atom stereocenters. The van der Waals surface area contributed by atoms with Crippen LogP contribution in [0.25, 0.3) is 0 Å². The number of hydrogen-bond acceptors (Lipinski definition) is 2. The van der Waals surface area contributed by atoms with Gasteiger partial charge in [0.2, 0.25) is 0 Å². The molecule has 0 aromatic carbocycles. The Bertz CT molecular complexity index is 261. The molecule has 2 amide bonds. The molecule has 0 aliphatic heterocycles. The number of urea groups is 1. The number of carboxylic acid groups (broad SMARTS) is 1. The van der Waals surface area contributed by atoms with Gasteiger partial charge in [-0.25, -0.2) is 9.59 Å². The summed E-state index contributed by atoms with van der Waals surface area (Å²) in [6.45, 7) is 3.76. The van der Waals surface area contributed by atoms with Crippen molar-refractivity contribution < 1.29 is 14.7 Å². The molecule has 0 radical (unpaired) electrons. The third kappa shape index (κ3) is 3.11. The number of hydrogen-bond donors (Lipinski definition) is 2. The highest BCUT2D eigenvalue weighted by molar-refractivity contribution is 5.83. The highest BCUT2D eigenvalue weighted by Crippen LogP contribution is 2.32. The second-order valence-corrected chi connectivity index (χ2v) is 4.31. The third-order valence-corrected chi connectivity index (χ3v) is 2.73. The maximum atomic E-state index is 11.6. The van der Waals surface area contributed by atoms with E-state index in [2.05, 4.69) is 5.32 Å². The summed E-state index contributed by atoms with van der Waals surface area (Å²) in [5.74, 6) is -0.824.